The van der Waals surface area contributed by atoms with Crippen LogP contribution in [0.3, 0.4) is 0 Å². The normalized spacial score (nSPS) is 11.1. The molecule has 0 saturated carbocycles. The standard InChI is InChI=1S/C16H21NO/c1-12-8-9-13(16(2,3)4)11-14(12)15(18)7-5-6-10-17/h8-9,11H,5-7H2,1-4H3. The second-order valence-corrected chi connectivity index (χ2v) is 5.71. The first-order valence-electron chi connectivity index (χ1n) is 6.37. The Morgan fingerprint density at radius 3 is 2.56 bits per heavy atom. The molecule has 0 aromatic heterocycles. The van der Waals surface area contributed by atoms with E-state index in [2.05, 4.69) is 32.9 Å². The molecule has 1 aromatic carbocycles. The van der Waals surface area contributed by atoms with Gasteiger partial charge in [0.1, 0.15) is 0 Å². The molecule has 1 aromatic rings. The molecule has 0 heterocycles. The fourth-order valence-corrected chi connectivity index (χ4v) is 1.85. The maximum absolute atomic E-state index is 12.1. The molecule has 0 spiro atoms. The van der Waals surface area contributed by atoms with Gasteiger partial charge in [-0.05, 0) is 36.0 Å². The number of nitrogens with zero attached hydrogens (tertiary/aromatic N) is 1. The zero-order valence-corrected chi connectivity index (χ0v) is 11.7. The Labute approximate surface area is 110 Å². The number of rotatable bonds is 4. The number of unbranched alkanes of at least 4 members (excludes halogenated alkanes) is 1. The number of hydrogen-bond donors (Lipinski definition) is 0. The molecule has 0 aliphatic carbocycles. The van der Waals surface area contributed by atoms with Crippen molar-refractivity contribution in [2.24, 2.45) is 0 Å². The molecule has 0 aliphatic rings. The summed E-state index contributed by atoms with van der Waals surface area (Å²) >= 11 is 0. The molecule has 2 heteroatoms. The third-order valence-corrected chi connectivity index (χ3v) is 3.10. The van der Waals surface area contributed by atoms with Gasteiger partial charge in [0.05, 0.1) is 6.07 Å². The molecule has 0 unspecified atom stereocenters. The number of hydrogen-bond acceptors (Lipinski definition) is 2. The monoisotopic (exact) mass is 243 g/mol. The van der Waals surface area contributed by atoms with Gasteiger partial charge in [-0.25, -0.2) is 0 Å². The van der Waals surface area contributed by atoms with E-state index in [1.165, 1.54) is 5.56 Å². The summed E-state index contributed by atoms with van der Waals surface area (Å²) in [4.78, 5) is 12.1. The summed E-state index contributed by atoms with van der Waals surface area (Å²) in [6.45, 7) is 8.38. The van der Waals surface area contributed by atoms with Gasteiger partial charge in [-0.2, -0.15) is 5.26 Å². The van der Waals surface area contributed by atoms with Gasteiger partial charge in [0.2, 0.25) is 0 Å². The quantitative estimate of drug-likeness (QED) is 0.588. The predicted octanol–water partition coefficient (Wildman–Crippen LogP) is 4.17. The van der Waals surface area contributed by atoms with Crippen molar-refractivity contribution in [2.45, 2.75) is 52.4 Å². The van der Waals surface area contributed by atoms with Gasteiger partial charge >= 0.3 is 0 Å². The highest BCUT2D eigenvalue weighted by Crippen LogP contribution is 2.25. The van der Waals surface area contributed by atoms with E-state index in [0.29, 0.717) is 19.3 Å². The van der Waals surface area contributed by atoms with Gasteiger partial charge in [0.25, 0.3) is 0 Å². The maximum atomic E-state index is 12.1. The van der Waals surface area contributed by atoms with Crippen LogP contribution < -0.4 is 0 Å². The molecule has 2 nitrogen and oxygen atoms in total. The topological polar surface area (TPSA) is 40.9 Å². The van der Waals surface area contributed by atoms with E-state index in [9.17, 15) is 4.79 Å². The Morgan fingerprint density at radius 2 is 2.00 bits per heavy atom. The lowest BCUT2D eigenvalue weighted by Gasteiger charge is -2.20. The number of Topliss-reactive ketones (excluding diaryl/α,β-unsaturated/α-hetero) is 1. The Morgan fingerprint density at radius 1 is 1.33 bits per heavy atom. The van der Waals surface area contributed by atoms with Crippen LogP contribution in [0.1, 0.15) is 61.5 Å². The van der Waals surface area contributed by atoms with Crippen molar-refractivity contribution in [1.29, 1.82) is 5.26 Å². The van der Waals surface area contributed by atoms with Crippen molar-refractivity contribution in [3.63, 3.8) is 0 Å². The molecule has 18 heavy (non-hydrogen) atoms. The lowest BCUT2D eigenvalue weighted by atomic mass is 9.84. The molecule has 0 N–H and O–H groups in total. The average Bonchev–Trinajstić information content (AvgIpc) is 2.28. The number of ketones is 1. The van der Waals surface area contributed by atoms with E-state index in [0.717, 1.165) is 11.1 Å². The minimum Gasteiger partial charge on any atom is -0.294 e. The van der Waals surface area contributed by atoms with E-state index in [-0.39, 0.29) is 11.2 Å². The van der Waals surface area contributed by atoms with Crippen molar-refractivity contribution in [3.05, 3.63) is 34.9 Å². The summed E-state index contributed by atoms with van der Waals surface area (Å²) in [6, 6.07) is 8.17. The Bertz CT molecular complexity index is 475. The summed E-state index contributed by atoms with van der Waals surface area (Å²) in [5.41, 5.74) is 3.05. The molecule has 0 fully saturated rings. The molecule has 96 valence electrons. The minimum atomic E-state index is 0.0510. The molecular formula is C16H21NO. The van der Waals surface area contributed by atoms with Crippen LogP contribution in [0.15, 0.2) is 18.2 Å². The fraction of sp³-hybridized carbons (Fsp3) is 0.500. The molecule has 0 radical (unpaired) electrons. The Hall–Kier alpha value is -1.62. The van der Waals surface area contributed by atoms with Crippen LogP contribution in [-0.4, -0.2) is 5.78 Å². The first-order chi connectivity index (χ1) is 8.36. The van der Waals surface area contributed by atoms with Crippen LogP contribution in [0.4, 0.5) is 0 Å². The van der Waals surface area contributed by atoms with E-state index in [4.69, 9.17) is 5.26 Å². The minimum absolute atomic E-state index is 0.0510. The second kappa shape index (κ2) is 5.82. The SMILES string of the molecule is Cc1ccc(C(C)(C)C)cc1C(=O)CCCC#N. The first kappa shape index (κ1) is 14.4. The molecule has 0 atom stereocenters. The van der Waals surface area contributed by atoms with Crippen molar-refractivity contribution >= 4 is 5.78 Å². The van der Waals surface area contributed by atoms with Crippen LogP contribution in [0.5, 0.6) is 0 Å². The Kier molecular flexibility index (Phi) is 4.67. The zero-order chi connectivity index (χ0) is 13.8. The van der Waals surface area contributed by atoms with Crippen molar-refractivity contribution < 1.29 is 4.79 Å². The van der Waals surface area contributed by atoms with Crippen molar-refractivity contribution in [3.8, 4) is 6.07 Å². The van der Waals surface area contributed by atoms with Gasteiger partial charge in [-0.3, -0.25) is 4.79 Å². The lowest BCUT2D eigenvalue weighted by molar-refractivity contribution is 0.0980. The Balaban J connectivity index is 2.94. The fourth-order valence-electron chi connectivity index (χ4n) is 1.85. The van der Waals surface area contributed by atoms with Crippen LogP contribution in [-0.2, 0) is 5.41 Å². The van der Waals surface area contributed by atoms with Crippen LogP contribution in [0, 0.1) is 18.3 Å². The zero-order valence-electron chi connectivity index (χ0n) is 11.7. The van der Waals surface area contributed by atoms with E-state index in [1.807, 2.05) is 19.1 Å². The molecule has 1 rings (SSSR count). The number of benzene rings is 1. The molecular weight excluding hydrogens is 222 g/mol. The summed E-state index contributed by atoms with van der Waals surface area (Å²) in [7, 11) is 0. The molecule has 0 amide bonds. The second-order valence-electron chi connectivity index (χ2n) is 5.71. The number of carbonyl (C=O) groups is 1. The third-order valence-electron chi connectivity index (χ3n) is 3.10. The average molecular weight is 243 g/mol. The van der Waals surface area contributed by atoms with Crippen LogP contribution in [0.25, 0.3) is 0 Å². The van der Waals surface area contributed by atoms with Crippen molar-refractivity contribution in [2.75, 3.05) is 0 Å². The predicted molar refractivity (Wildman–Crippen MR) is 73.7 cm³/mol. The molecule has 0 aliphatic heterocycles. The number of aryl methyl sites for hydroxylation is 1. The van der Waals surface area contributed by atoms with Gasteiger partial charge < -0.3 is 0 Å². The maximum Gasteiger partial charge on any atom is 0.163 e. The highest BCUT2D eigenvalue weighted by molar-refractivity contribution is 5.97. The van der Waals surface area contributed by atoms with Gasteiger partial charge in [0.15, 0.2) is 5.78 Å². The third kappa shape index (κ3) is 3.70. The van der Waals surface area contributed by atoms with Gasteiger partial charge in [0, 0.05) is 18.4 Å². The van der Waals surface area contributed by atoms with Crippen LogP contribution in [0.2, 0.25) is 0 Å². The summed E-state index contributed by atoms with van der Waals surface area (Å²) in [5.74, 6) is 0.147. The molecule has 0 saturated heterocycles. The first-order valence-corrected chi connectivity index (χ1v) is 6.37. The summed E-state index contributed by atoms with van der Waals surface area (Å²) in [6.07, 6.45) is 1.56. The van der Waals surface area contributed by atoms with E-state index < -0.39 is 0 Å². The van der Waals surface area contributed by atoms with Gasteiger partial charge in [-0.15, -0.1) is 0 Å². The molecule has 0 bridgehead atoms. The lowest BCUT2D eigenvalue weighted by Crippen LogP contribution is -2.13. The van der Waals surface area contributed by atoms with E-state index in [1.54, 1.807) is 0 Å². The van der Waals surface area contributed by atoms with E-state index >= 15 is 0 Å². The summed E-state index contributed by atoms with van der Waals surface area (Å²) in [5, 5.41) is 8.49. The van der Waals surface area contributed by atoms with Crippen LogP contribution >= 0.6 is 0 Å². The highest BCUT2D eigenvalue weighted by Gasteiger charge is 2.17. The highest BCUT2D eigenvalue weighted by atomic mass is 16.1. The number of carbonyl (C=O) groups excluding carboxylic acids is 1. The smallest absolute Gasteiger partial charge is 0.163 e. The largest absolute Gasteiger partial charge is 0.294 e. The van der Waals surface area contributed by atoms with Crippen molar-refractivity contribution in [1.82, 2.24) is 0 Å². The summed E-state index contributed by atoms with van der Waals surface area (Å²) < 4.78 is 0. The van der Waals surface area contributed by atoms with Gasteiger partial charge in [-0.1, -0.05) is 32.9 Å². The number of nitriles is 1.